The summed E-state index contributed by atoms with van der Waals surface area (Å²) in [4.78, 5) is 25.9. The Balaban J connectivity index is 2.31. The van der Waals surface area contributed by atoms with Crippen molar-refractivity contribution < 1.29 is 19.4 Å². The molecule has 0 aromatic rings. The zero-order chi connectivity index (χ0) is 15.1. The van der Waals surface area contributed by atoms with Gasteiger partial charge < -0.3 is 9.84 Å². The van der Waals surface area contributed by atoms with Gasteiger partial charge in [-0.3, -0.25) is 4.90 Å². The summed E-state index contributed by atoms with van der Waals surface area (Å²) in [5.74, 6) is -0.146. The molecule has 2 atom stereocenters. The predicted molar refractivity (Wildman–Crippen MR) is 78.0 cm³/mol. The van der Waals surface area contributed by atoms with Gasteiger partial charge in [-0.15, -0.1) is 0 Å². The number of carboxylic acids is 1. The number of hydrogen-bond acceptors (Lipinski definition) is 4. The van der Waals surface area contributed by atoms with E-state index < -0.39 is 23.2 Å². The predicted octanol–water partition coefficient (Wildman–Crippen LogP) is 2.73. The Kier molecular flexibility index (Phi) is 3.97. The maximum absolute atomic E-state index is 12.5. The third kappa shape index (κ3) is 2.75. The van der Waals surface area contributed by atoms with Crippen LogP contribution in [-0.2, 0) is 9.53 Å². The van der Waals surface area contributed by atoms with Gasteiger partial charge in [-0.25, -0.2) is 9.59 Å². The summed E-state index contributed by atoms with van der Waals surface area (Å²) in [5, 5.41) is 9.65. The van der Waals surface area contributed by atoms with Crippen LogP contribution < -0.4 is 0 Å². The van der Waals surface area contributed by atoms with Crippen molar-refractivity contribution in [1.82, 2.24) is 4.90 Å². The van der Waals surface area contributed by atoms with Gasteiger partial charge in [0.25, 0.3) is 0 Å². The highest BCUT2D eigenvalue weighted by molar-refractivity contribution is 8.00. The maximum atomic E-state index is 12.5. The van der Waals surface area contributed by atoms with Gasteiger partial charge in [-0.2, -0.15) is 11.8 Å². The van der Waals surface area contributed by atoms with Crippen molar-refractivity contribution in [2.24, 2.45) is 0 Å². The topological polar surface area (TPSA) is 66.8 Å². The number of rotatable bonds is 3. The van der Waals surface area contributed by atoms with Crippen molar-refractivity contribution in [1.29, 1.82) is 0 Å². The molecule has 1 saturated carbocycles. The molecule has 1 saturated heterocycles. The molecule has 0 aromatic heterocycles. The first-order chi connectivity index (χ1) is 9.18. The van der Waals surface area contributed by atoms with Gasteiger partial charge in [0, 0.05) is 11.3 Å². The second-order valence-corrected chi connectivity index (χ2v) is 8.02. The van der Waals surface area contributed by atoms with Crippen molar-refractivity contribution >= 4 is 23.8 Å². The molecule has 2 fully saturated rings. The number of carbonyl (C=O) groups is 2. The Bertz CT molecular complexity index is 416. The molecule has 1 amide bonds. The van der Waals surface area contributed by atoms with Crippen LogP contribution in [0.4, 0.5) is 4.79 Å². The van der Waals surface area contributed by atoms with Gasteiger partial charge in [0.05, 0.1) is 0 Å². The van der Waals surface area contributed by atoms with E-state index in [1.807, 2.05) is 6.92 Å². The minimum absolute atomic E-state index is 0.0158. The summed E-state index contributed by atoms with van der Waals surface area (Å²) in [5.41, 5.74) is -1.73. The summed E-state index contributed by atoms with van der Waals surface area (Å²) in [7, 11) is 0. The van der Waals surface area contributed by atoms with E-state index in [0.29, 0.717) is 6.42 Å². The number of aliphatic carboxylic acids is 1. The second-order valence-electron chi connectivity index (χ2n) is 6.57. The fourth-order valence-corrected chi connectivity index (χ4v) is 4.10. The van der Waals surface area contributed by atoms with Crippen LogP contribution in [0, 0.1) is 0 Å². The first-order valence-electron chi connectivity index (χ1n) is 7.06. The number of amides is 1. The minimum Gasteiger partial charge on any atom is -0.479 e. The summed E-state index contributed by atoms with van der Waals surface area (Å²) in [6.45, 7) is 7.30. The number of carbonyl (C=O) groups excluding carboxylic acids is 1. The summed E-state index contributed by atoms with van der Waals surface area (Å²) in [6.07, 6.45) is 1.73. The Morgan fingerprint density at radius 1 is 1.35 bits per heavy atom. The molecule has 1 aliphatic heterocycles. The maximum Gasteiger partial charge on any atom is 0.411 e. The molecule has 5 nitrogen and oxygen atoms in total. The molecule has 0 bridgehead atoms. The number of hydrogen-bond donors (Lipinski definition) is 1. The highest BCUT2D eigenvalue weighted by Gasteiger charge is 2.58. The fraction of sp³-hybridized carbons (Fsp3) is 0.857. The molecular formula is C14H23NO4S. The van der Waals surface area contributed by atoms with E-state index >= 15 is 0 Å². The molecule has 1 N–H and O–H groups in total. The number of carboxylic acid groups (broad SMARTS) is 1. The van der Waals surface area contributed by atoms with Crippen LogP contribution >= 0.6 is 11.8 Å². The molecule has 0 aromatic carbocycles. The average Bonchev–Trinajstić information content (AvgIpc) is 3.01. The quantitative estimate of drug-likeness (QED) is 0.868. The molecule has 1 aliphatic carbocycles. The minimum atomic E-state index is -1.12. The molecule has 0 spiro atoms. The lowest BCUT2D eigenvalue weighted by Gasteiger charge is -2.41. The smallest absolute Gasteiger partial charge is 0.411 e. The molecule has 0 radical (unpaired) electrons. The highest BCUT2D eigenvalue weighted by Crippen LogP contribution is 2.46. The van der Waals surface area contributed by atoms with Crippen molar-refractivity contribution in [3.63, 3.8) is 0 Å². The van der Waals surface area contributed by atoms with Crippen LogP contribution in [0.15, 0.2) is 0 Å². The number of nitrogens with zero attached hydrogens (tertiary/aromatic N) is 1. The third-order valence-corrected chi connectivity index (χ3v) is 5.16. The van der Waals surface area contributed by atoms with Crippen LogP contribution in [0.3, 0.4) is 0 Å². The zero-order valence-corrected chi connectivity index (χ0v) is 13.3. The first kappa shape index (κ1) is 15.5. The number of ether oxygens (including phenoxy) is 1. The molecule has 1 heterocycles. The van der Waals surface area contributed by atoms with E-state index in [9.17, 15) is 14.7 Å². The van der Waals surface area contributed by atoms with Crippen LogP contribution in [-0.4, -0.2) is 50.3 Å². The summed E-state index contributed by atoms with van der Waals surface area (Å²) >= 11 is 1.61. The lowest BCUT2D eigenvalue weighted by atomic mass is 9.90. The second kappa shape index (κ2) is 5.13. The lowest BCUT2D eigenvalue weighted by Crippen LogP contribution is -2.62. The Hall–Kier alpha value is -0.910. The molecule has 2 rings (SSSR count). The van der Waals surface area contributed by atoms with Gasteiger partial charge in [0.1, 0.15) is 5.60 Å². The van der Waals surface area contributed by atoms with E-state index in [1.165, 1.54) is 4.90 Å². The normalized spacial score (nSPS) is 30.1. The summed E-state index contributed by atoms with van der Waals surface area (Å²) in [6, 6.07) is 0.0158. The lowest BCUT2D eigenvalue weighted by molar-refractivity contribution is -0.151. The Morgan fingerprint density at radius 2 is 1.95 bits per heavy atom. The standard InChI is InChI=1S/C14H23NO4S/c1-9-14(11(16)17,7-8-20-9)15(10-5-6-10)12(18)19-13(2,3)4/h9-10H,5-8H2,1-4H3,(H,16,17). The van der Waals surface area contributed by atoms with Gasteiger partial charge in [-0.1, -0.05) is 6.92 Å². The van der Waals surface area contributed by atoms with Crippen LogP contribution in [0.1, 0.15) is 47.0 Å². The Labute approximate surface area is 124 Å². The van der Waals surface area contributed by atoms with Crippen LogP contribution in [0.2, 0.25) is 0 Å². The SMILES string of the molecule is CC1SCCC1(C(=O)O)N(C(=O)OC(C)(C)C)C1CC1. The van der Waals surface area contributed by atoms with E-state index in [2.05, 4.69) is 0 Å². The van der Waals surface area contributed by atoms with Crippen molar-refractivity contribution in [3.05, 3.63) is 0 Å². The van der Waals surface area contributed by atoms with Crippen molar-refractivity contribution in [2.75, 3.05) is 5.75 Å². The molecule has 6 heteroatoms. The third-order valence-electron chi connectivity index (χ3n) is 3.83. The van der Waals surface area contributed by atoms with Crippen molar-refractivity contribution in [2.45, 2.75) is 69.4 Å². The monoisotopic (exact) mass is 301 g/mol. The average molecular weight is 301 g/mol. The van der Waals surface area contributed by atoms with Crippen LogP contribution in [0.5, 0.6) is 0 Å². The molecule has 20 heavy (non-hydrogen) atoms. The van der Waals surface area contributed by atoms with E-state index in [-0.39, 0.29) is 11.3 Å². The Morgan fingerprint density at radius 3 is 2.30 bits per heavy atom. The highest BCUT2D eigenvalue weighted by atomic mass is 32.2. The van der Waals surface area contributed by atoms with Gasteiger partial charge in [0.15, 0.2) is 5.54 Å². The van der Waals surface area contributed by atoms with Gasteiger partial charge in [-0.05, 0) is 45.8 Å². The number of thioether (sulfide) groups is 1. The molecular weight excluding hydrogens is 278 g/mol. The first-order valence-corrected chi connectivity index (χ1v) is 8.10. The van der Waals surface area contributed by atoms with E-state index in [1.54, 1.807) is 32.5 Å². The van der Waals surface area contributed by atoms with E-state index in [4.69, 9.17) is 4.74 Å². The van der Waals surface area contributed by atoms with Crippen LogP contribution in [0.25, 0.3) is 0 Å². The fourth-order valence-electron chi connectivity index (χ4n) is 2.71. The van der Waals surface area contributed by atoms with Gasteiger partial charge >= 0.3 is 12.1 Å². The van der Waals surface area contributed by atoms with Crippen molar-refractivity contribution in [3.8, 4) is 0 Å². The van der Waals surface area contributed by atoms with Gasteiger partial charge in [0.2, 0.25) is 0 Å². The molecule has 2 aliphatic rings. The summed E-state index contributed by atoms with van der Waals surface area (Å²) < 4.78 is 5.45. The molecule has 2 unspecified atom stereocenters. The van der Waals surface area contributed by atoms with E-state index in [0.717, 1.165) is 18.6 Å². The molecule has 114 valence electrons. The largest absolute Gasteiger partial charge is 0.479 e. The zero-order valence-electron chi connectivity index (χ0n) is 12.5.